The van der Waals surface area contributed by atoms with Gasteiger partial charge in [0, 0.05) is 13.1 Å². The molecule has 1 aliphatic carbocycles. The highest BCUT2D eigenvalue weighted by atomic mass is 15.3. The van der Waals surface area contributed by atoms with E-state index >= 15 is 0 Å². The minimum absolute atomic E-state index is 0.519. The van der Waals surface area contributed by atoms with Crippen LogP contribution in [-0.4, -0.2) is 26.8 Å². The maximum atomic E-state index is 4.79. The molecule has 0 saturated heterocycles. The van der Waals surface area contributed by atoms with Crippen molar-refractivity contribution < 1.29 is 0 Å². The van der Waals surface area contributed by atoms with Crippen LogP contribution >= 0.6 is 0 Å². The van der Waals surface area contributed by atoms with Gasteiger partial charge < -0.3 is 15.2 Å². The van der Waals surface area contributed by atoms with Gasteiger partial charge in [-0.05, 0) is 32.3 Å². The summed E-state index contributed by atoms with van der Waals surface area (Å²) in [5, 5.41) is 15.3. The molecule has 1 fully saturated rings. The van der Waals surface area contributed by atoms with E-state index in [1.165, 1.54) is 36.8 Å². The molecule has 6 nitrogen and oxygen atoms in total. The van der Waals surface area contributed by atoms with E-state index < -0.39 is 0 Å². The summed E-state index contributed by atoms with van der Waals surface area (Å²) in [4.78, 5) is 4.79. The molecule has 2 aromatic rings. The van der Waals surface area contributed by atoms with Crippen LogP contribution in [0, 0.1) is 13.8 Å². The van der Waals surface area contributed by atoms with Crippen molar-refractivity contribution in [1.29, 1.82) is 0 Å². The zero-order chi connectivity index (χ0) is 17.6. The predicted molar refractivity (Wildman–Crippen MR) is 100 cm³/mol. The Labute approximate surface area is 149 Å². The van der Waals surface area contributed by atoms with Gasteiger partial charge >= 0.3 is 0 Å². The van der Waals surface area contributed by atoms with Crippen molar-refractivity contribution in [2.45, 2.75) is 58.7 Å². The molecule has 1 heterocycles. The first kappa shape index (κ1) is 17.5. The molecule has 6 heteroatoms. The van der Waals surface area contributed by atoms with Crippen LogP contribution in [0.3, 0.4) is 0 Å². The van der Waals surface area contributed by atoms with E-state index in [1.807, 2.05) is 18.5 Å². The van der Waals surface area contributed by atoms with Crippen LogP contribution in [0.4, 0.5) is 0 Å². The van der Waals surface area contributed by atoms with Gasteiger partial charge in [0.2, 0.25) is 0 Å². The fourth-order valence-electron chi connectivity index (χ4n) is 3.16. The Kier molecular flexibility index (Phi) is 5.68. The molecular weight excluding hydrogens is 312 g/mol. The first-order chi connectivity index (χ1) is 12.1. The van der Waals surface area contributed by atoms with Gasteiger partial charge in [0.1, 0.15) is 5.82 Å². The Morgan fingerprint density at radius 2 is 2.04 bits per heavy atom. The van der Waals surface area contributed by atoms with Crippen LogP contribution in [0.15, 0.2) is 29.3 Å². The van der Waals surface area contributed by atoms with Crippen LogP contribution < -0.4 is 10.6 Å². The van der Waals surface area contributed by atoms with Crippen LogP contribution in [0.2, 0.25) is 0 Å². The Hall–Kier alpha value is -2.37. The Morgan fingerprint density at radius 1 is 1.24 bits per heavy atom. The van der Waals surface area contributed by atoms with Gasteiger partial charge in [-0.3, -0.25) is 0 Å². The summed E-state index contributed by atoms with van der Waals surface area (Å²) in [7, 11) is 1.99. The lowest BCUT2D eigenvalue weighted by atomic mass is 10.1. The summed E-state index contributed by atoms with van der Waals surface area (Å²) in [6.45, 7) is 5.35. The molecule has 0 spiro atoms. The molecule has 1 aromatic heterocycles. The minimum Gasteiger partial charge on any atom is -0.354 e. The van der Waals surface area contributed by atoms with Gasteiger partial charge in [-0.15, -0.1) is 10.2 Å². The number of aromatic nitrogens is 3. The fourth-order valence-corrected chi connectivity index (χ4v) is 3.16. The van der Waals surface area contributed by atoms with Crippen LogP contribution in [0.1, 0.15) is 48.5 Å². The number of guanidine groups is 1. The third-order valence-electron chi connectivity index (χ3n) is 4.79. The molecule has 0 radical (unpaired) electrons. The van der Waals surface area contributed by atoms with Crippen molar-refractivity contribution >= 4 is 5.96 Å². The highest BCUT2D eigenvalue weighted by molar-refractivity contribution is 5.80. The van der Waals surface area contributed by atoms with Gasteiger partial charge in [-0.25, -0.2) is 4.99 Å². The first-order valence-electron chi connectivity index (χ1n) is 9.07. The lowest BCUT2D eigenvalue weighted by Gasteiger charge is -2.17. The average Bonchev–Trinajstić information content (AvgIpc) is 3.22. The molecule has 0 atom stereocenters. The molecule has 25 heavy (non-hydrogen) atoms. The number of aryl methyl sites for hydroxylation is 2. The molecule has 0 bridgehead atoms. The second kappa shape index (κ2) is 8.14. The van der Waals surface area contributed by atoms with Crippen molar-refractivity contribution in [1.82, 2.24) is 25.4 Å². The van der Waals surface area contributed by atoms with E-state index in [1.54, 1.807) is 0 Å². The number of benzene rings is 1. The number of nitrogens with one attached hydrogen (secondary N) is 2. The molecule has 3 rings (SSSR count). The summed E-state index contributed by atoms with van der Waals surface area (Å²) in [5.41, 5.74) is 2.49. The fraction of sp³-hybridized carbons (Fsp3) is 0.526. The minimum atomic E-state index is 0.519. The molecular formula is C19H28N6. The molecule has 134 valence electrons. The van der Waals surface area contributed by atoms with E-state index in [0.29, 0.717) is 19.1 Å². The maximum absolute atomic E-state index is 4.79. The smallest absolute Gasteiger partial charge is 0.192 e. The van der Waals surface area contributed by atoms with E-state index in [9.17, 15) is 0 Å². The van der Waals surface area contributed by atoms with Gasteiger partial charge in [0.05, 0.1) is 13.1 Å². The van der Waals surface area contributed by atoms with Crippen molar-refractivity contribution in [3.63, 3.8) is 0 Å². The third-order valence-corrected chi connectivity index (χ3v) is 4.79. The second-order valence-corrected chi connectivity index (χ2v) is 6.86. The van der Waals surface area contributed by atoms with Crippen molar-refractivity contribution in [2.24, 2.45) is 12.0 Å². The average molecular weight is 340 g/mol. The van der Waals surface area contributed by atoms with Gasteiger partial charge in [0.25, 0.3) is 0 Å². The number of rotatable bonds is 5. The van der Waals surface area contributed by atoms with E-state index in [-0.39, 0.29) is 0 Å². The lowest BCUT2D eigenvalue weighted by Crippen LogP contribution is -2.42. The third kappa shape index (κ3) is 4.81. The normalized spacial score (nSPS) is 15.6. The van der Waals surface area contributed by atoms with Crippen molar-refractivity contribution in [2.75, 3.05) is 0 Å². The molecule has 1 saturated carbocycles. The van der Waals surface area contributed by atoms with Crippen molar-refractivity contribution in [3.05, 3.63) is 47.0 Å². The quantitative estimate of drug-likeness (QED) is 0.648. The maximum Gasteiger partial charge on any atom is 0.192 e. The topological polar surface area (TPSA) is 67.1 Å². The standard InChI is InChI=1S/C19H28N6/c1-14-7-6-8-16(11-14)12-20-19(22-17-9-4-5-10-17)21-13-18-24-23-15(2)25(18)3/h6-8,11,17H,4-5,9-10,12-13H2,1-3H3,(H2,20,21,22). The number of hydrogen-bond acceptors (Lipinski definition) is 3. The highest BCUT2D eigenvalue weighted by Gasteiger charge is 2.16. The van der Waals surface area contributed by atoms with Crippen LogP contribution in [0.25, 0.3) is 0 Å². The number of hydrogen-bond donors (Lipinski definition) is 2. The van der Waals surface area contributed by atoms with Crippen LogP contribution in [0.5, 0.6) is 0 Å². The monoisotopic (exact) mass is 340 g/mol. The first-order valence-corrected chi connectivity index (χ1v) is 9.07. The molecule has 0 amide bonds. The molecule has 2 N–H and O–H groups in total. The summed E-state index contributed by atoms with van der Waals surface area (Å²) in [6.07, 6.45) is 5.03. The largest absolute Gasteiger partial charge is 0.354 e. The summed E-state index contributed by atoms with van der Waals surface area (Å²) < 4.78 is 2.00. The zero-order valence-electron chi connectivity index (χ0n) is 15.4. The van der Waals surface area contributed by atoms with Gasteiger partial charge in [-0.2, -0.15) is 0 Å². The zero-order valence-corrected chi connectivity index (χ0v) is 15.4. The molecule has 0 aliphatic heterocycles. The Morgan fingerprint density at radius 3 is 2.72 bits per heavy atom. The van der Waals surface area contributed by atoms with Crippen LogP contribution in [-0.2, 0) is 20.1 Å². The van der Waals surface area contributed by atoms with E-state index in [2.05, 4.69) is 52.0 Å². The highest BCUT2D eigenvalue weighted by Crippen LogP contribution is 2.17. The summed E-state index contributed by atoms with van der Waals surface area (Å²) in [5.74, 6) is 2.68. The van der Waals surface area contributed by atoms with Gasteiger partial charge in [0.15, 0.2) is 11.8 Å². The Balaban J connectivity index is 1.67. The van der Waals surface area contributed by atoms with Gasteiger partial charge in [-0.1, -0.05) is 42.7 Å². The van der Waals surface area contributed by atoms with E-state index in [4.69, 9.17) is 4.99 Å². The lowest BCUT2D eigenvalue weighted by molar-refractivity contribution is 0.606. The second-order valence-electron chi connectivity index (χ2n) is 6.86. The summed E-state index contributed by atoms with van der Waals surface area (Å²) in [6, 6.07) is 9.02. The summed E-state index contributed by atoms with van der Waals surface area (Å²) >= 11 is 0. The van der Waals surface area contributed by atoms with Crippen molar-refractivity contribution in [3.8, 4) is 0 Å². The van der Waals surface area contributed by atoms with E-state index in [0.717, 1.165) is 17.6 Å². The molecule has 0 unspecified atom stereocenters. The Bertz CT molecular complexity index is 727. The predicted octanol–water partition coefficient (Wildman–Crippen LogP) is 2.61. The SMILES string of the molecule is Cc1cccc(CN=C(NCc2nnc(C)n2C)NC2CCCC2)c1. The molecule has 1 aliphatic rings. The molecule has 1 aromatic carbocycles. The number of nitrogens with zero attached hydrogens (tertiary/aromatic N) is 4. The number of aliphatic imine (C=N–C) groups is 1.